The maximum atomic E-state index is 8.08. The molecule has 2 heteroatoms. The summed E-state index contributed by atoms with van der Waals surface area (Å²) < 4.78 is 0. The molecule has 1 nitrogen and oxygen atoms in total. The molecular weight excluding hydrogens is 102 g/mol. The Hall–Kier alpha value is -0.293. The number of rotatable bonds is 1. The number of nitriles is 1. The van der Waals surface area contributed by atoms with Crippen LogP contribution in [0.25, 0.3) is 0 Å². The molecule has 0 saturated carbocycles. The van der Waals surface area contributed by atoms with E-state index in [2.05, 4.69) is 25.7 Å². The lowest BCUT2D eigenvalue weighted by molar-refractivity contribution is 1.51. The lowest BCUT2D eigenvalue weighted by atomic mass is 10.9. The molecule has 0 unspecified atom stereocenters. The van der Waals surface area contributed by atoms with Gasteiger partial charge in [-0.2, -0.15) is 5.26 Å². The van der Waals surface area contributed by atoms with Crippen LogP contribution in [0.5, 0.6) is 0 Å². The summed E-state index contributed by atoms with van der Waals surface area (Å²) >= 11 is 0. The molecule has 0 aromatic rings. The van der Waals surface area contributed by atoms with Crippen LogP contribution in [0.2, 0.25) is 19.6 Å². The molecule has 0 rings (SSSR count). The van der Waals surface area contributed by atoms with Gasteiger partial charge in [0, 0.05) is 0 Å². The van der Waals surface area contributed by atoms with E-state index >= 15 is 0 Å². The van der Waals surface area contributed by atoms with E-state index in [1.54, 1.807) is 0 Å². The quantitative estimate of drug-likeness (QED) is 0.470. The van der Waals surface area contributed by atoms with E-state index in [9.17, 15) is 0 Å². The molecule has 0 heterocycles. The third-order valence-corrected chi connectivity index (χ3v) is 1.29. The average molecular weight is 111 g/mol. The molecule has 0 atom stereocenters. The van der Waals surface area contributed by atoms with Gasteiger partial charge in [0.15, 0.2) is 0 Å². The van der Waals surface area contributed by atoms with E-state index in [0.29, 0.717) is 0 Å². The molecule has 0 aliphatic rings. The van der Waals surface area contributed by atoms with Gasteiger partial charge in [-0.15, -0.1) is 0 Å². The fourth-order valence-corrected chi connectivity index (χ4v) is 0.503. The Bertz CT molecular complexity index is 85.2. The molecule has 38 valence electrons. The molecule has 0 aromatic carbocycles. The normalized spacial score (nSPS) is 10.6. The molecule has 0 saturated heterocycles. The van der Waals surface area contributed by atoms with E-state index in [-0.39, 0.29) is 0 Å². The molecule has 0 spiro atoms. The molecule has 0 bridgehead atoms. The van der Waals surface area contributed by atoms with Crippen LogP contribution in [0.1, 0.15) is 0 Å². The van der Waals surface area contributed by atoms with Crippen LogP contribution in [-0.2, 0) is 0 Å². The summed E-state index contributed by atoms with van der Waals surface area (Å²) in [6.45, 7) is 6.24. The molecule has 2 radical (unpaired) electrons. The van der Waals surface area contributed by atoms with Gasteiger partial charge in [-0.3, -0.25) is 0 Å². The maximum absolute atomic E-state index is 8.08. The standard InChI is InChI=1S/C5H9NSi/c1-7(2,3)5-4-6/h1-3H3. The van der Waals surface area contributed by atoms with Gasteiger partial charge in [-0.1, -0.05) is 19.6 Å². The predicted molar refractivity (Wildman–Crippen MR) is 32.2 cm³/mol. The molecule has 0 aliphatic heterocycles. The van der Waals surface area contributed by atoms with Crippen molar-refractivity contribution in [2.24, 2.45) is 0 Å². The third kappa shape index (κ3) is 5.71. The minimum atomic E-state index is -1.27. The Morgan fingerprint density at radius 3 is 1.71 bits per heavy atom. The first kappa shape index (κ1) is 6.71. The van der Waals surface area contributed by atoms with Crippen LogP contribution in [0.4, 0.5) is 0 Å². The van der Waals surface area contributed by atoms with Crippen molar-refractivity contribution >= 4 is 8.07 Å². The van der Waals surface area contributed by atoms with Crippen molar-refractivity contribution in [1.82, 2.24) is 0 Å². The summed E-state index contributed by atoms with van der Waals surface area (Å²) in [5.74, 6) is 0. The lowest BCUT2D eigenvalue weighted by Gasteiger charge is -2.05. The Morgan fingerprint density at radius 1 is 1.29 bits per heavy atom. The van der Waals surface area contributed by atoms with E-state index < -0.39 is 8.07 Å². The molecule has 0 N–H and O–H groups in total. The van der Waals surface area contributed by atoms with Gasteiger partial charge < -0.3 is 0 Å². The first-order valence-corrected chi connectivity index (χ1v) is 5.72. The fourth-order valence-electron chi connectivity index (χ4n) is 0.168. The van der Waals surface area contributed by atoms with Crippen molar-refractivity contribution in [3.8, 4) is 6.07 Å². The number of hydrogen-bond acceptors (Lipinski definition) is 1. The highest BCUT2D eigenvalue weighted by Gasteiger charge is 2.11. The van der Waals surface area contributed by atoms with Crippen LogP contribution >= 0.6 is 0 Å². The van der Waals surface area contributed by atoms with Crippen molar-refractivity contribution < 1.29 is 0 Å². The van der Waals surface area contributed by atoms with Gasteiger partial charge in [-0.25, -0.2) is 0 Å². The monoisotopic (exact) mass is 111 g/mol. The van der Waals surface area contributed by atoms with Gasteiger partial charge in [-0.05, 0) is 0 Å². The molecule has 0 amide bonds. The fraction of sp³-hybridized carbons (Fsp3) is 0.600. The summed E-state index contributed by atoms with van der Waals surface area (Å²) in [7, 11) is -1.27. The lowest BCUT2D eigenvalue weighted by Crippen LogP contribution is -2.19. The third-order valence-electron chi connectivity index (χ3n) is 0.431. The molecule has 7 heavy (non-hydrogen) atoms. The molecule has 0 aromatic heterocycles. The topological polar surface area (TPSA) is 23.8 Å². The van der Waals surface area contributed by atoms with Crippen molar-refractivity contribution in [2.45, 2.75) is 19.6 Å². The Balaban J connectivity index is 3.40. The second kappa shape index (κ2) is 2.13. The number of nitrogens with zero attached hydrogens (tertiary/aromatic N) is 1. The SMILES string of the molecule is C[Si](C)(C)[C]C#N. The Labute approximate surface area is 46.0 Å². The van der Waals surface area contributed by atoms with E-state index in [0.717, 1.165) is 0 Å². The predicted octanol–water partition coefficient (Wildman–Crippen LogP) is 1.47. The van der Waals surface area contributed by atoms with E-state index in [1.807, 2.05) is 6.07 Å². The van der Waals surface area contributed by atoms with Crippen molar-refractivity contribution in [3.05, 3.63) is 6.04 Å². The maximum Gasteiger partial charge on any atom is 0.0835 e. The second-order valence-corrected chi connectivity index (χ2v) is 7.24. The van der Waals surface area contributed by atoms with Crippen molar-refractivity contribution in [3.63, 3.8) is 0 Å². The summed E-state index contributed by atoms with van der Waals surface area (Å²) in [5, 5.41) is 8.08. The first-order valence-electron chi connectivity index (χ1n) is 2.22. The van der Waals surface area contributed by atoms with E-state index in [4.69, 9.17) is 5.26 Å². The van der Waals surface area contributed by atoms with Gasteiger partial charge in [0.25, 0.3) is 0 Å². The minimum Gasteiger partial charge on any atom is -0.198 e. The average Bonchev–Trinajstić information content (AvgIpc) is 1.30. The Morgan fingerprint density at radius 2 is 1.71 bits per heavy atom. The van der Waals surface area contributed by atoms with Crippen LogP contribution < -0.4 is 0 Å². The smallest absolute Gasteiger partial charge is 0.0835 e. The zero-order valence-electron chi connectivity index (χ0n) is 4.95. The van der Waals surface area contributed by atoms with Crippen LogP contribution in [-0.4, -0.2) is 8.07 Å². The van der Waals surface area contributed by atoms with Gasteiger partial charge in [0.05, 0.1) is 20.2 Å². The van der Waals surface area contributed by atoms with Crippen LogP contribution in [0.15, 0.2) is 0 Å². The highest BCUT2D eigenvalue weighted by atomic mass is 28.3. The zero-order valence-corrected chi connectivity index (χ0v) is 5.95. The molecule has 0 fully saturated rings. The first-order chi connectivity index (χ1) is 3.06. The summed E-state index contributed by atoms with van der Waals surface area (Å²) in [6.07, 6.45) is 0. The Kier molecular flexibility index (Phi) is 2.04. The highest BCUT2D eigenvalue weighted by Crippen LogP contribution is 2.01. The van der Waals surface area contributed by atoms with Crippen molar-refractivity contribution in [2.75, 3.05) is 0 Å². The zero-order chi connectivity index (χ0) is 5.91. The van der Waals surface area contributed by atoms with E-state index in [1.165, 1.54) is 0 Å². The molecule has 0 aliphatic carbocycles. The minimum absolute atomic E-state index is 1.27. The summed E-state index contributed by atoms with van der Waals surface area (Å²) in [6, 6.07) is 4.65. The van der Waals surface area contributed by atoms with Crippen molar-refractivity contribution in [1.29, 1.82) is 5.26 Å². The highest BCUT2D eigenvalue weighted by molar-refractivity contribution is 6.80. The summed E-state index contributed by atoms with van der Waals surface area (Å²) in [5.41, 5.74) is 0. The van der Waals surface area contributed by atoms with Crippen LogP contribution in [0, 0.1) is 17.4 Å². The molecular formula is C5H9NSi. The van der Waals surface area contributed by atoms with Gasteiger partial charge in [0.1, 0.15) is 0 Å². The second-order valence-electron chi connectivity index (χ2n) is 2.49. The van der Waals surface area contributed by atoms with Gasteiger partial charge in [0.2, 0.25) is 0 Å². The summed E-state index contributed by atoms with van der Waals surface area (Å²) in [4.78, 5) is 0. The number of hydrogen-bond donors (Lipinski definition) is 0. The van der Waals surface area contributed by atoms with Gasteiger partial charge >= 0.3 is 0 Å². The largest absolute Gasteiger partial charge is 0.198 e. The van der Waals surface area contributed by atoms with Crippen LogP contribution in [0.3, 0.4) is 0 Å².